The fourth-order valence-corrected chi connectivity index (χ4v) is 2.83. The van der Waals surface area contributed by atoms with E-state index in [0.717, 1.165) is 8.95 Å². The molecule has 0 spiro atoms. The molecule has 1 fully saturated rings. The predicted molar refractivity (Wildman–Crippen MR) is 80.0 cm³/mol. The topological polar surface area (TPSA) is 40.6 Å². The van der Waals surface area contributed by atoms with Crippen molar-refractivity contribution in [3.63, 3.8) is 0 Å². The summed E-state index contributed by atoms with van der Waals surface area (Å²) in [4.78, 5) is 27.2. The molecule has 102 valence electrons. The highest BCUT2D eigenvalue weighted by Crippen LogP contribution is 2.23. The van der Waals surface area contributed by atoms with Crippen LogP contribution >= 0.6 is 31.9 Å². The quantitative estimate of drug-likeness (QED) is 0.740. The van der Waals surface area contributed by atoms with Crippen LogP contribution in [0.3, 0.4) is 0 Å². The molecule has 1 heterocycles. The summed E-state index contributed by atoms with van der Waals surface area (Å²) in [5.74, 6) is 0.0621. The first-order valence-corrected chi connectivity index (χ1v) is 7.57. The first-order valence-electron chi connectivity index (χ1n) is 5.99. The van der Waals surface area contributed by atoms with Gasteiger partial charge in [-0.25, -0.2) is 0 Å². The van der Waals surface area contributed by atoms with E-state index in [4.69, 9.17) is 0 Å². The molecule has 2 rings (SSSR count). The van der Waals surface area contributed by atoms with Crippen LogP contribution in [0.2, 0.25) is 0 Å². The summed E-state index contributed by atoms with van der Waals surface area (Å²) < 4.78 is 1.66. The minimum absolute atomic E-state index is 0.00335. The van der Waals surface area contributed by atoms with Crippen LogP contribution in [0.5, 0.6) is 0 Å². The molecule has 0 radical (unpaired) electrons. The van der Waals surface area contributed by atoms with Gasteiger partial charge in [-0.15, -0.1) is 0 Å². The number of rotatable bonds is 1. The van der Waals surface area contributed by atoms with E-state index in [2.05, 4.69) is 31.9 Å². The molecule has 0 unspecified atom stereocenters. The van der Waals surface area contributed by atoms with Crippen molar-refractivity contribution >= 4 is 43.7 Å². The molecule has 1 saturated heterocycles. The number of piperazine rings is 1. The van der Waals surface area contributed by atoms with Crippen LogP contribution in [0.15, 0.2) is 27.1 Å². The average Bonchev–Trinajstić information content (AvgIpc) is 2.41. The van der Waals surface area contributed by atoms with Crippen LogP contribution in [-0.2, 0) is 4.79 Å². The van der Waals surface area contributed by atoms with Gasteiger partial charge in [0.1, 0.15) is 0 Å². The van der Waals surface area contributed by atoms with Gasteiger partial charge < -0.3 is 9.80 Å². The largest absolute Gasteiger partial charge is 0.339 e. The van der Waals surface area contributed by atoms with Gasteiger partial charge in [0.2, 0.25) is 5.91 Å². The molecular weight excluding hydrogens is 376 g/mol. The van der Waals surface area contributed by atoms with E-state index in [1.807, 2.05) is 18.2 Å². The molecule has 19 heavy (non-hydrogen) atoms. The van der Waals surface area contributed by atoms with E-state index >= 15 is 0 Å². The number of halogens is 2. The predicted octanol–water partition coefficient (Wildman–Crippen LogP) is 2.52. The Balaban J connectivity index is 2.09. The number of benzene rings is 1. The minimum Gasteiger partial charge on any atom is -0.339 e. The lowest BCUT2D eigenvalue weighted by atomic mass is 10.2. The molecule has 1 aromatic rings. The van der Waals surface area contributed by atoms with Crippen LogP contribution < -0.4 is 0 Å². The Morgan fingerprint density at radius 1 is 1.05 bits per heavy atom. The summed E-state index contributed by atoms with van der Waals surface area (Å²) in [6.07, 6.45) is 0. The number of carbonyl (C=O) groups is 2. The van der Waals surface area contributed by atoms with Crippen molar-refractivity contribution < 1.29 is 9.59 Å². The molecule has 1 aliphatic rings. The number of carbonyl (C=O) groups excluding carboxylic acids is 2. The van der Waals surface area contributed by atoms with Crippen molar-refractivity contribution in [1.29, 1.82) is 0 Å². The molecule has 0 atom stereocenters. The van der Waals surface area contributed by atoms with Gasteiger partial charge >= 0.3 is 0 Å². The van der Waals surface area contributed by atoms with E-state index in [1.54, 1.807) is 16.7 Å². The van der Waals surface area contributed by atoms with Gasteiger partial charge in [-0.2, -0.15) is 0 Å². The van der Waals surface area contributed by atoms with Gasteiger partial charge in [0, 0.05) is 42.0 Å². The van der Waals surface area contributed by atoms with Gasteiger partial charge in [-0.05, 0) is 34.1 Å². The zero-order chi connectivity index (χ0) is 14.0. The molecule has 0 saturated carbocycles. The summed E-state index contributed by atoms with van der Waals surface area (Å²) in [5.41, 5.74) is 0.644. The standard InChI is InChI=1S/C13H14Br2N2O2/c1-9(18)16-4-6-17(7-5-16)13(19)11-8-10(14)2-3-12(11)15/h2-3,8H,4-7H2,1H3. The van der Waals surface area contributed by atoms with Crippen LogP contribution in [0.4, 0.5) is 0 Å². The first-order chi connectivity index (χ1) is 8.99. The Kier molecular flexibility index (Phi) is 4.62. The van der Waals surface area contributed by atoms with Crippen molar-refractivity contribution in [2.45, 2.75) is 6.92 Å². The van der Waals surface area contributed by atoms with Crippen molar-refractivity contribution in [1.82, 2.24) is 9.80 Å². The van der Waals surface area contributed by atoms with E-state index < -0.39 is 0 Å². The third-order valence-corrected chi connectivity index (χ3v) is 4.36. The Labute approximate surface area is 129 Å². The first kappa shape index (κ1) is 14.5. The molecule has 4 nitrogen and oxygen atoms in total. The molecule has 0 bridgehead atoms. The fraction of sp³-hybridized carbons (Fsp3) is 0.385. The van der Waals surface area contributed by atoms with Crippen molar-refractivity contribution in [3.05, 3.63) is 32.7 Å². The van der Waals surface area contributed by atoms with Crippen molar-refractivity contribution in [3.8, 4) is 0 Å². The minimum atomic E-state index is -0.00335. The van der Waals surface area contributed by atoms with E-state index in [-0.39, 0.29) is 11.8 Å². The third-order valence-electron chi connectivity index (χ3n) is 3.17. The normalized spacial score (nSPS) is 15.5. The zero-order valence-corrected chi connectivity index (χ0v) is 13.7. The maximum absolute atomic E-state index is 12.4. The second-order valence-electron chi connectivity index (χ2n) is 4.42. The van der Waals surface area contributed by atoms with E-state index in [1.165, 1.54) is 0 Å². The Hall–Kier alpha value is -0.880. The summed E-state index contributed by atoms with van der Waals surface area (Å²) >= 11 is 6.77. The fourth-order valence-electron chi connectivity index (χ4n) is 2.06. The van der Waals surface area contributed by atoms with Crippen molar-refractivity contribution in [2.75, 3.05) is 26.2 Å². The lowest BCUT2D eigenvalue weighted by Gasteiger charge is -2.34. The highest BCUT2D eigenvalue weighted by Gasteiger charge is 2.24. The average molecular weight is 390 g/mol. The monoisotopic (exact) mass is 388 g/mol. The maximum Gasteiger partial charge on any atom is 0.255 e. The van der Waals surface area contributed by atoms with Crippen LogP contribution in [0.25, 0.3) is 0 Å². The van der Waals surface area contributed by atoms with Gasteiger partial charge in [-0.1, -0.05) is 15.9 Å². The molecule has 0 N–H and O–H groups in total. The summed E-state index contributed by atoms with van der Waals surface area (Å²) in [6, 6.07) is 5.54. The Morgan fingerprint density at radius 3 is 2.21 bits per heavy atom. The van der Waals surface area contributed by atoms with Gasteiger partial charge in [0.25, 0.3) is 5.91 Å². The highest BCUT2D eigenvalue weighted by atomic mass is 79.9. The zero-order valence-electron chi connectivity index (χ0n) is 10.5. The summed E-state index contributed by atoms with van der Waals surface area (Å²) in [6.45, 7) is 3.93. The number of hydrogen-bond acceptors (Lipinski definition) is 2. The number of hydrogen-bond donors (Lipinski definition) is 0. The summed E-state index contributed by atoms with van der Waals surface area (Å²) in [7, 11) is 0. The van der Waals surface area contributed by atoms with Crippen molar-refractivity contribution in [2.24, 2.45) is 0 Å². The molecule has 0 aliphatic carbocycles. The number of nitrogens with zero attached hydrogens (tertiary/aromatic N) is 2. The third kappa shape index (κ3) is 3.36. The van der Waals surface area contributed by atoms with E-state index in [0.29, 0.717) is 31.7 Å². The lowest BCUT2D eigenvalue weighted by Crippen LogP contribution is -2.50. The molecule has 1 aromatic carbocycles. The van der Waals surface area contributed by atoms with Gasteiger partial charge in [0.15, 0.2) is 0 Å². The maximum atomic E-state index is 12.4. The highest BCUT2D eigenvalue weighted by molar-refractivity contribution is 9.11. The Morgan fingerprint density at radius 2 is 1.63 bits per heavy atom. The van der Waals surface area contributed by atoms with Crippen LogP contribution in [0.1, 0.15) is 17.3 Å². The summed E-state index contributed by atoms with van der Waals surface area (Å²) in [5, 5.41) is 0. The van der Waals surface area contributed by atoms with Crippen LogP contribution in [-0.4, -0.2) is 47.8 Å². The molecule has 2 amide bonds. The smallest absolute Gasteiger partial charge is 0.255 e. The van der Waals surface area contributed by atoms with E-state index in [9.17, 15) is 9.59 Å². The molecular formula is C13H14Br2N2O2. The molecule has 0 aromatic heterocycles. The molecule has 6 heteroatoms. The second kappa shape index (κ2) is 6.05. The SMILES string of the molecule is CC(=O)N1CCN(C(=O)c2cc(Br)ccc2Br)CC1. The Bertz CT molecular complexity index is 511. The van der Waals surface area contributed by atoms with Gasteiger partial charge in [0.05, 0.1) is 5.56 Å². The lowest BCUT2D eigenvalue weighted by molar-refractivity contribution is -0.130. The van der Waals surface area contributed by atoms with Gasteiger partial charge in [-0.3, -0.25) is 9.59 Å². The molecule has 1 aliphatic heterocycles. The second-order valence-corrected chi connectivity index (χ2v) is 6.19. The van der Waals surface area contributed by atoms with Crippen LogP contribution in [0, 0.1) is 0 Å². The number of amides is 2.